The van der Waals surface area contributed by atoms with Gasteiger partial charge in [0.2, 0.25) is 0 Å². The lowest BCUT2D eigenvalue weighted by molar-refractivity contribution is -0.716. The van der Waals surface area contributed by atoms with Gasteiger partial charge in [0.05, 0.1) is 0 Å². The van der Waals surface area contributed by atoms with E-state index in [1.54, 1.807) is 11.1 Å². The molecule has 192 valence electrons. The summed E-state index contributed by atoms with van der Waals surface area (Å²) < 4.78 is 2.41. The fourth-order valence-electron chi connectivity index (χ4n) is 4.98. The molecule has 0 aromatic carbocycles. The van der Waals surface area contributed by atoms with Crippen LogP contribution >= 0.6 is 0 Å². The van der Waals surface area contributed by atoms with Gasteiger partial charge in [-0.05, 0) is 45.1 Å². The molecule has 0 spiro atoms. The van der Waals surface area contributed by atoms with Crippen LogP contribution in [0.1, 0.15) is 173 Å². The Morgan fingerprint density at radius 2 is 0.879 bits per heavy atom. The van der Waals surface area contributed by atoms with Crippen LogP contribution in [0.15, 0.2) is 18.5 Å². The summed E-state index contributed by atoms with van der Waals surface area (Å²) in [5, 5.41) is 0. The molecule has 1 rings (SSSR count). The molecule has 0 aliphatic heterocycles. The molecule has 0 saturated carbocycles. The lowest BCUT2D eigenvalue weighted by Gasteiger charge is -2.10. The van der Waals surface area contributed by atoms with Crippen molar-refractivity contribution >= 4 is 0 Å². The molecular weight excluding hydrogens is 398 g/mol. The second-order valence-corrected chi connectivity index (χ2v) is 10.9. The standard InChI is InChI=1S/C32H60N/c1-5-7-9-11-13-15-17-19-21-23-25-31-27-28-33(30(3)4)29-32(31)26-24-22-20-18-16-14-12-10-8-6-2/h27-30H,5-26H2,1-4H3/q+1. The summed E-state index contributed by atoms with van der Waals surface area (Å²) in [6.45, 7) is 9.20. The van der Waals surface area contributed by atoms with Crippen LogP contribution in [0.25, 0.3) is 0 Å². The smallest absolute Gasteiger partial charge is 0.172 e. The largest absolute Gasteiger partial charge is 0.203 e. The third kappa shape index (κ3) is 16.4. The van der Waals surface area contributed by atoms with Gasteiger partial charge in [-0.1, -0.05) is 129 Å². The van der Waals surface area contributed by atoms with Crippen LogP contribution in [0, 0.1) is 0 Å². The molecule has 33 heavy (non-hydrogen) atoms. The molecule has 1 aromatic heterocycles. The van der Waals surface area contributed by atoms with Gasteiger partial charge in [0.1, 0.15) is 0 Å². The predicted octanol–water partition coefficient (Wildman–Crippen LogP) is 10.5. The average Bonchev–Trinajstić information content (AvgIpc) is 2.82. The van der Waals surface area contributed by atoms with E-state index in [0.717, 1.165) is 0 Å². The van der Waals surface area contributed by atoms with Crippen molar-refractivity contribution in [1.82, 2.24) is 0 Å². The Hall–Kier alpha value is -0.850. The second kappa shape index (κ2) is 21.7. The first-order valence-corrected chi connectivity index (χ1v) is 15.2. The summed E-state index contributed by atoms with van der Waals surface area (Å²) in [7, 11) is 0. The number of hydrogen-bond acceptors (Lipinski definition) is 0. The Morgan fingerprint density at radius 1 is 0.515 bits per heavy atom. The van der Waals surface area contributed by atoms with Gasteiger partial charge < -0.3 is 0 Å². The van der Waals surface area contributed by atoms with Crippen LogP contribution < -0.4 is 4.57 Å². The Labute approximate surface area is 209 Å². The number of rotatable bonds is 23. The molecule has 0 amide bonds. The molecule has 0 N–H and O–H groups in total. The SMILES string of the molecule is CCCCCCCCCCCCc1cc[n+](C(C)C)cc1CCCCCCCCCCCC. The number of nitrogens with zero attached hydrogens (tertiary/aromatic N) is 1. The molecule has 1 nitrogen and oxygen atoms in total. The van der Waals surface area contributed by atoms with Gasteiger partial charge >= 0.3 is 0 Å². The number of pyridine rings is 1. The van der Waals surface area contributed by atoms with Gasteiger partial charge in [-0.25, -0.2) is 4.57 Å². The molecule has 0 aliphatic rings. The van der Waals surface area contributed by atoms with Crippen molar-refractivity contribution in [2.75, 3.05) is 0 Å². The third-order valence-corrected chi connectivity index (χ3v) is 7.36. The van der Waals surface area contributed by atoms with Gasteiger partial charge in [0.15, 0.2) is 18.4 Å². The van der Waals surface area contributed by atoms with Crippen molar-refractivity contribution < 1.29 is 4.57 Å². The van der Waals surface area contributed by atoms with Gasteiger partial charge in [0, 0.05) is 11.6 Å². The van der Waals surface area contributed by atoms with Crippen LogP contribution in [0.3, 0.4) is 0 Å². The van der Waals surface area contributed by atoms with Gasteiger partial charge in [-0.3, -0.25) is 0 Å². The zero-order valence-electron chi connectivity index (χ0n) is 23.3. The van der Waals surface area contributed by atoms with E-state index in [4.69, 9.17) is 0 Å². The molecule has 0 aliphatic carbocycles. The molecule has 0 fully saturated rings. The minimum Gasteiger partial charge on any atom is -0.203 e. The third-order valence-electron chi connectivity index (χ3n) is 7.36. The maximum Gasteiger partial charge on any atom is 0.172 e. The normalized spacial score (nSPS) is 11.5. The van der Waals surface area contributed by atoms with Crippen molar-refractivity contribution in [1.29, 1.82) is 0 Å². The fourth-order valence-corrected chi connectivity index (χ4v) is 4.98. The number of hydrogen-bond donors (Lipinski definition) is 0. The van der Waals surface area contributed by atoms with Gasteiger partial charge in [0.25, 0.3) is 0 Å². The lowest BCUT2D eigenvalue weighted by Crippen LogP contribution is -2.36. The molecule has 0 radical (unpaired) electrons. The highest BCUT2D eigenvalue weighted by Crippen LogP contribution is 2.18. The Morgan fingerprint density at radius 3 is 1.27 bits per heavy atom. The number of unbranched alkanes of at least 4 members (excludes halogenated alkanes) is 18. The summed E-state index contributed by atoms with van der Waals surface area (Å²) in [6.07, 6.45) is 35.8. The minimum atomic E-state index is 0.558. The molecule has 1 aromatic rings. The van der Waals surface area contributed by atoms with E-state index in [0.29, 0.717) is 6.04 Å². The quantitative estimate of drug-likeness (QED) is 0.113. The molecule has 1 heteroatoms. The summed E-state index contributed by atoms with van der Waals surface area (Å²) in [5.74, 6) is 0. The van der Waals surface area contributed by atoms with E-state index < -0.39 is 0 Å². The van der Waals surface area contributed by atoms with Crippen molar-refractivity contribution in [3.05, 3.63) is 29.6 Å². The van der Waals surface area contributed by atoms with Crippen LogP contribution in [0.5, 0.6) is 0 Å². The highest BCUT2D eigenvalue weighted by Gasteiger charge is 2.12. The zero-order valence-corrected chi connectivity index (χ0v) is 23.3. The monoisotopic (exact) mass is 458 g/mol. The first-order valence-electron chi connectivity index (χ1n) is 15.2. The van der Waals surface area contributed by atoms with Crippen LogP contribution in [0.2, 0.25) is 0 Å². The topological polar surface area (TPSA) is 3.88 Å². The van der Waals surface area contributed by atoms with Crippen LogP contribution in [-0.2, 0) is 12.8 Å². The van der Waals surface area contributed by atoms with Gasteiger partial charge in [-0.15, -0.1) is 0 Å². The Kier molecular flexibility index (Phi) is 19.8. The maximum atomic E-state index is 2.46. The zero-order chi connectivity index (χ0) is 24.0. The molecule has 0 saturated heterocycles. The number of aryl methyl sites for hydroxylation is 2. The van der Waals surface area contributed by atoms with Gasteiger partial charge in [-0.2, -0.15) is 0 Å². The molecule has 0 bridgehead atoms. The second-order valence-electron chi connectivity index (χ2n) is 10.9. The minimum absolute atomic E-state index is 0.558. The molecular formula is C32H60N+. The molecule has 0 unspecified atom stereocenters. The van der Waals surface area contributed by atoms with E-state index in [1.165, 1.54) is 141 Å². The lowest BCUT2D eigenvalue weighted by atomic mass is 9.97. The van der Waals surface area contributed by atoms with Crippen molar-refractivity contribution in [2.45, 2.75) is 175 Å². The summed E-state index contributed by atoms with van der Waals surface area (Å²) in [5.41, 5.74) is 3.25. The Balaban J connectivity index is 2.25. The highest BCUT2D eigenvalue weighted by atomic mass is 15.0. The van der Waals surface area contributed by atoms with E-state index in [2.05, 4.69) is 50.7 Å². The van der Waals surface area contributed by atoms with Crippen molar-refractivity contribution in [2.24, 2.45) is 0 Å². The fraction of sp³-hybridized carbons (Fsp3) is 0.844. The van der Waals surface area contributed by atoms with E-state index in [9.17, 15) is 0 Å². The summed E-state index contributed by atoms with van der Waals surface area (Å²) in [6, 6.07) is 2.99. The summed E-state index contributed by atoms with van der Waals surface area (Å²) >= 11 is 0. The van der Waals surface area contributed by atoms with Crippen LogP contribution in [0.4, 0.5) is 0 Å². The van der Waals surface area contributed by atoms with E-state index in [-0.39, 0.29) is 0 Å². The van der Waals surface area contributed by atoms with E-state index >= 15 is 0 Å². The Bertz CT molecular complexity index is 547. The van der Waals surface area contributed by atoms with Crippen molar-refractivity contribution in [3.8, 4) is 0 Å². The first-order chi connectivity index (χ1) is 16.2. The van der Waals surface area contributed by atoms with E-state index in [1.807, 2.05) is 0 Å². The average molecular weight is 459 g/mol. The first kappa shape index (κ1) is 30.2. The van der Waals surface area contributed by atoms with Crippen LogP contribution in [-0.4, -0.2) is 0 Å². The molecule has 1 heterocycles. The molecule has 0 atom stereocenters. The highest BCUT2D eigenvalue weighted by molar-refractivity contribution is 5.21. The maximum absolute atomic E-state index is 2.46. The number of aromatic nitrogens is 1. The van der Waals surface area contributed by atoms with Crippen molar-refractivity contribution in [3.63, 3.8) is 0 Å². The summed E-state index contributed by atoms with van der Waals surface area (Å²) in [4.78, 5) is 0. The predicted molar refractivity (Wildman–Crippen MR) is 148 cm³/mol.